The molecule has 0 aromatic carbocycles. The largest absolute Gasteiger partial charge is 0.448 e. The molecule has 1 amide bonds. The molecule has 0 fully saturated rings. The van der Waals surface area contributed by atoms with Gasteiger partial charge in [0.05, 0.1) is 0 Å². The Labute approximate surface area is 90.1 Å². The predicted molar refractivity (Wildman–Crippen MR) is 57.8 cm³/mol. The van der Waals surface area contributed by atoms with Crippen LogP contribution < -0.4 is 5.32 Å². The van der Waals surface area contributed by atoms with Crippen LogP contribution in [0.25, 0.3) is 0 Å². The van der Waals surface area contributed by atoms with E-state index in [2.05, 4.69) is 10.3 Å². The Balaban J connectivity index is 2.72. The van der Waals surface area contributed by atoms with E-state index in [1.165, 1.54) is 6.26 Å². The predicted octanol–water partition coefficient (Wildman–Crippen LogP) is 2.11. The molecule has 0 saturated heterocycles. The van der Waals surface area contributed by atoms with Gasteiger partial charge < -0.3 is 9.73 Å². The summed E-state index contributed by atoms with van der Waals surface area (Å²) in [6, 6.07) is 0. The van der Waals surface area contributed by atoms with Crippen molar-refractivity contribution in [1.82, 2.24) is 10.3 Å². The molecule has 0 unspecified atom stereocenters. The van der Waals surface area contributed by atoms with Crippen LogP contribution >= 0.6 is 0 Å². The van der Waals surface area contributed by atoms with E-state index in [1.807, 2.05) is 27.7 Å². The van der Waals surface area contributed by atoms with Crippen LogP contribution in [0.2, 0.25) is 0 Å². The van der Waals surface area contributed by atoms with Crippen molar-refractivity contribution in [2.75, 3.05) is 6.54 Å². The summed E-state index contributed by atoms with van der Waals surface area (Å²) in [4.78, 5) is 15.7. The fraction of sp³-hybridized carbons (Fsp3) is 0.636. The number of carbonyl (C=O) groups excluding carboxylic acids is 1. The van der Waals surface area contributed by atoms with Crippen molar-refractivity contribution in [3.63, 3.8) is 0 Å². The van der Waals surface area contributed by atoms with Gasteiger partial charge in [0.2, 0.25) is 0 Å². The van der Waals surface area contributed by atoms with Crippen molar-refractivity contribution in [2.45, 2.75) is 39.5 Å². The van der Waals surface area contributed by atoms with Crippen LogP contribution in [0.15, 0.2) is 10.7 Å². The second kappa shape index (κ2) is 4.47. The van der Waals surface area contributed by atoms with Gasteiger partial charge in [-0.05, 0) is 6.42 Å². The lowest BCUT2D eigenvalue weighted by Gasteiger charge is -2.11. The summed E-state index contributed by atoms with van der Waals surface area (Å²) in [5, 5.41) is 2.75. The van der Waals surface area contributed by atoms with Gasteiger partial charge in [0.1, 0.15) is 6.26 Å². The minimum absolute atomic E-state index is 0.163. The summed E-state index contributed by atoms with van der Waals surface area (Å²) < 4.78 is 5.26. The van der Waals surface area contributed by atoms with Crippen LogP contribution in [0.4, 0.5) is 0 Å². The zero-order valence-electron chi connectivity index (χ0n) is 9.76. The molecule has 1 N–H and O–H groups in total. The standard InChI is InChI=1S/C11H18N2O2/c1-5-6-12-9(14)8-7-15-10(13-8)11(2,3)4/h7H,5-6H2,1-4H3,(H,12,14). The highest BCUT2D eigenvalue weighted by Gasteiger charge is 2.22. The normalized spacial score (nSPS) is 11.5. The molecule has 4 heteroatoms. The number of nitrogens with zero attached hydrogens (tertiary/aromatic N) is 1. The lowest BCUT2D eigenvalue weighted by Crippen LogP contribution is -2.24. The molecule has 0 aliphatic carbocycles. The van der Waals surface area contributed by atoms with E-state index < -0.39 is 0 Å². The van der Waals surface area contributed by atoms with E-state index in [1.54, 1.807) is 0 Å². The maximum atomic E-state index is 11.5. The molecule has 0 saturated carbocycles. The number of hydrogen-bond acceptors (Lipinski definition) is 3. The molecule has 0 spiro atoms. The van der Waals surface area contributed by atoms with Crippen molar-refractivity contribution in [3.8, 4) is 0 Å². The number of aromatic nitrogens is 1. The first-order valence-corrected chi connectivity index (χ1v) is 5.19. The van der Waals surface area contributed by atoms with Crippen molar-refractivity contribution >= 4 is 5.91 Å². The van der Waals surface area contributed by atoms with Crippen LogP contribution in [0.1, 0.15) is 50.5 Å². The van der Waals surface area contributed by atoms with E-state index in [0.29, 0.717) is 18.1 Å². The molecule has 15 heavy (non-hydrogen) atoms. The highest BCUT2D eigenvalue weighted by Crippen LogP contribution is 2.20. The molecule has 0 radical (unpaired) electrons. The summed E-state index contributed by atoms with van der Waals surface area (Å²) in [6.45, 7) is 8.64. The van der Waals surface area contributed by atoms with Crippen molar-refractivity contribution < 1.29 is 9.21 Å². The zero-order valence-corrected chi connectivity index (χ0v) is 9.76. The fourth-order valence-electron chi connectivity index (χ4n) is 1.05. The lowest BCUT2D eigenvalue weighted by molar-refractivity contribution is 0.0948. The average Bonchev–Trinajstić information content (AvgIpc) is 2.62. The van der Waals surface area contributed by atoms with Crippen LogP contribution in [-0.2, 0) is 5.41 Å². The van der Waals surface area contributed by atoms with E-state index in [0.717, 1.165) is 6.42 Å². The number of rotatable bonds is 3. The Morgan fingerprint density at radius 2 is 2.20 bits per heavy atom. The van der Waals surface area contributed by atoms with Gasteiger partial charge >= 0.3 is 0 Å². The lowest BCUT2D eigenvalue weighted by atomic mass is 9.97. The number of hydrogen-bond donors (Lipinski definition) is 1. The van der Waals surface area contributed by atoms with Crippen molar-refractivity contribution in [2.24, 2.45) is 0 Å². The molecule has 1 aromatic rings. The van der Waals surface area contributed by atoms with Gasteiger partial charge in [-0.3, -0.25) is 4.79 Å². The summed E-state index contributed by atoms with van der Waals surface area (Å²) in [7, 11) is 0. The molecule has 0 aliphatic heterocycles. The van der Waals surface area contributed by atoms with E-state index >= 15 is 0 Å². The van der Waals surface area contributed by atoms with E-state index in [9.17, 15) is 4.79 Å². The monoisotopic (exact) mass is 210 g/mol. The maximum Gasteiger partial charge on any atom is 0.273 e. The number of oxazole rings is 1. The minimum Gasteiger partial charge on any atom is -0.448 e. The molecule has 1 aromatic heterocycles. The molecular formula is C11H18N2O2. The van der Waals surface area contributed by atoms with Gasteiger partial charge in [0.25, 0.3) is 5.91 Å². The Bertz CT molecular complexity index is 337. The Morgan fingerprint density at radius 3 is 2.67 bits per heavy atom. The SMILES string of the molecule is CCCNC(=O)c1coc(C(C)(C)C)n1. The fourth-order valence-corrected chi connectivity index (χ4v) is 1.05. The molecule has 1 rings (SSSR count). The molecule has 0 bridgehead atoms. The molecule has 1 heterocycles. The first-order valence-electron chi connectivity index (χ1n) is 5.19. The van der Waals surface area contributed by atoms with Crippen LogP contribution in [-0.4, -0.2) is 17.4 Å². The van der Waals surface area contributed by atoms with Gasteiger partial charge in [-0.1, -0.05) is 27.7 Å². The van der Waals surface area contributed by atoms with Crippen LogP contribution in [0, 0.1) is 0 Å². The van der Waals surface area contributed by atoms with Gasteiger partial charge in [-0.15, -0.1) is 0 Å². The van der Waals surface area contributed by atoms with Gasteiger partial charge in [0.15, 0.2) is 11.6 Å². The van der Waals surface area contributed by atoms with Crippen molar-refractivity contribution in [3.05, 3.63) is 17.8 Å². The minimum atomic E-state index is -0.170. The van der Waals surface area contributed by atoms with Gasteiger partial charge in [0, 0.05) is 12.0 Å². The molecule has 4 nitrogen and oxygen atoms in total. The third-order valence-electron chi connectivity index (χ3n) is 1.91. The Kier molecular flexibility index (Phi) is 3.50. The summed E-state index contributed by atoms with van der Waals surface area (Å²) >= 11 is 0. The number of carbonyl (C=O) groups is 1. The van der Waals surface area contributed by atoms with Gasteiger partial charge in [-0.2, -0.15) is 0 Å². The first-order chi connectivity index (χ1) is 6.95. The second-order valence-electron chi connectivity index (χ2n) is 4.54. The van der Waals surface area contributed by atoms with Crippen LogP contribution in [0.5, 0.6) is 0 Å². The summed E-state index contributed by atoms with van der Waals surface area (Å²) in [5.74, 6) is 0.417. The summed E-state index contributed by atoms with van der Waals surface area (Å²) in [5.41, 5.74) is 0.192. The topological polar surface area (TPSA) is 55.1 Å². The average molecular weight is 210 g/mol. The van der Waals surface area contributed by atoms with E-state index in [-0.39, 0.29) is 11.3 Å². The smallest absolute Gasteiger partial charge is 0.273 e. The number of nitrogens with one attached hydrogen (secondary N) is 1. The first kappa shape index (κ1) is 11.8. The van der Waals surface area contributed by atoms with E-state index in [4.69, 9.17) is 4.42 Å². The quantitative estimate of drug-likeness (QED) is 0.831. The van der Waals surface area contributed by atoms with Crippen molar-refractivity contribution in [1.29, 1.82) is 0 Å². The zero-order chi connectivity index (χ0) is 11.5. The third-order valence-corrected chi connectivity index (χ3v) is 1.91. The Morgan fingerprint density at radius 1 is 1.53 bits per heavy atom. The third kappa shape index (κ3) is 3.08. The summed E-state index contributed by atoms with van der Waals surface area (Å²) in [6.07, 6.45) is 2.32. The molecular weight excluding hydrogens is 192 g/mol. The molecule has 84 valence electrons. The van der Waals surface area contributed by atoms with Gasteiger partial charge in [-0.25, -0.2) is 4.98 Å². The molecule has 0 atom stereocenters. The number of amides is 1. The maximum absolute atomic E-state index is 11.5. The highest BCUT2D eigenvalue weighted by molar-refractivity contribution is 5.91. The second-order valence-corrected chi connectivity index (χ2v) is 4.54. The highest BCUT2D eigenvalue weighted by atomic mass is 16.3. The molecule has 0 aliphatic rings. The Hall–Kier alpha value is -1.32. The van der Waals surface area contributed by atoms with Crippen LogP contribution in [0.3, 0.4) is 0 Å².